The molecule has 0 unspecified atom stereocenters. The van der Waals surface area contributed by atoms with E-state index in [9.17, 15) is 4.79 Å². The van der Waals surface area contributed by atoms with Gasteiger partial charge in [0.1, 0.15) is 5.82 Å². The van der Waals surface area contributed by atoms with E-state index in [1.165, 1.54) is 0 Å². The van der Waals surface area contributed by atoms with Crippen molar-refractivity contribution < 1.29 is 4.79 Å². The summed E-state index contributed by atoms with van der Waals surface area (Å²) in [6.07, 6.45) is 0. The summed E-state index contributed by atoms with van der Waals surface area (Å²) in [5.74, 6) is 0.424. The van der Waals surface area contributed by atoms with E-state index in [-0.39, 0.29) is 5.91 Å². The van der Waals surface area contributed by atoms with Crippen LogP contribution in [0.2, 0.25) is 0 Å². The molecule has 0 aliphatic rings. The van der Waals surface area contributed by atoms with Crippen molar-refractivity contribution in [2.24, 2.45) is 0 Å². The average molecular weight is 248 g/mol. The first kappa shape index (κ1) is 11.5. The summed E-state index contributed by atoms with van der Waals surface area (Å²) in [6, 6.07) is 7.28. The minimum Gasteiger partial charge on any atom is -0.372 e. The topological polar surface area (TPSA) is 66.9 Å². The standard InChI is InChI=1S/C11H12N4OS/c1-12-10-5-4-9(14-15-10)11(16)13-7-8-3-2-6-17-8/h2-6H,7H2,1H3,(H,12,15)(H,13,16). The molecule has 17 heavy (non-hydrogen) atoms. The lowest BCUT2D eigenvalue weighted by Gasteiger charge is -2.03. The second-order valence-electron chi connectivity index (χ2n) is 3.32. The third-order valence-corrected chi connectivity index (χ3v) is 3.03. The van der Waals surface area contributed by atoms with Gasteiger partial charge in [0.15, 0.2) is 5.69 Å². The first-order valence-corrected chi connectivity index (χ1v) is 5.99. The monoisotopic (exact) mass is 248 g/mol. The van der Waals surface area contributed by atoms with Gasteiger partial charge in [-0.2, -0.15) is 0 Å². The lowest BCUT2D eigenvalue weighted by molar-refractivity contribution is 0.0945. The molecule has 2 rings (SSSR count). The van der Waals surface area contributed by atoms with E-state index in [1.807, 2.05) is 17.5 Å². The molecule has 0 spiro atoms. The summed E-state index contributed by atoms with van der Waals surface area (Å²) in [5.41, 5.74) is 0.320. The maximum atomic E-state index is 11.7. The molecule has 0 aliphatic heterocycles. The largest absolute Gasteiger partial charge is 0.372 e. The number of nitrogens with one attached hydrogen (secondary N) is 2. The summed E-state index contributed by atoms with van der Waals surface area (Å²) in [5, 5.41) is 15.3. The van der Waals surface area contributed by atoms with E-state index in [0.717, 1.165) is 4.88 Å². The fourth-order valence-electron chi connectivity index (χ4n) is 1.26. The van der Waals surface area contributed by atoms with Gasteiger partial charge in [0.25, 0.3) is 5.91 Å². The Morgan fingerprint density at radius 3 is 2.82 bits per heavy atom. The second-order valence-corrected chi connectivity index (χ2v) is 4.35. The average Bonchev–Trinajstić information content (AvgIpc) is 2.89. The second kappa shape index (κ2) is 5.40. The van der Waals surface area contributed by atoms with Crippen LogP contribution in [0, 0.1) is 0 Å². The number of amides is 1. The SMILES string of the molecule is CNc1ccc(C(=O)NCc2cccs2)nn1. The summed E-state index contributed by atoms with van der Waals surface area (Å²) in [6.45, 7) is 0.520. The van der Waals surface area contributed by atoms with Gasteiger partial charge in [-0.15, -0.1) is 21.5 Å². The molecule has 0 aromatic carbocycles. The fraction of sp³-hybridized carbons (Fsp3) is 0.182. The third kappa shape index (κ3) is 3.01. The predicted molar refractivity (Wildman–Crippen MR) is 67.1 cm³/mol. The van der Waals surface area contributed by atoms with Crippen molar-refractivity contribution in [2.75, 3.05) is 12.4 Å². The van der Waals surface area contributed by atoms with Gasteiger partial charge in [0, 0.05) is 11.9 Å². The van der Waals surface area contributed by atoms with Gasteiger partial charge < -0.3 is 10.6 Å². The van der Waals surface area contributed by atoms with Crippen LogP contribution in [0.3, 0.4) is 0 Å². The summed E-state index contributed by atoms with van der Waals surface area (Å²) in [4.78, 5) is 12.8. The van der Waals surface area contributed by atoms with Crippen molar-refractivity contribution in [1.29, 1.82) is 0 Å². The van der Waals surface area contributed by atoms with Crippen molar-refractivity contribution in [1.82, 2.24) is 15.5 Å². The van der Waals surface area contributed by atoms with Crippen LogP contribution in [0.1, 0.15) is 15.4 Å². The van der Waals surface area contributed by atoms with Crippen LogP contribution in [-0.2, 0) is 6.54 Å². The summed E-state index contributed by atoms with van der Waals surface area (Å²) >= 11 is 1.61. The van der Waals surface area contributed by atoms with Gasteiger partial charge in [-0.05, 0) is 23.6 Å². The van der Waals surface area contributed by atoms with Crippen LogP contribution < -0.4 is 10.6 Å². The lowest BCUT2D eigenvalue weighted by Crippen LogP contribution is -2.23. The molecule has 0 saturated carbocycles. The quantitative estimate of drug-likeness (QED) is 0.860. The first-order chi connectivity index (χ1) is 8.29. The van der Waals surface area contributed by atoms with Gasteiger partial charge in [-0.1, -0.05) is 6.07 Å². The Balaban J connectivity index is 1.95. The zero-order chi connectivity index (χ0) is 12.1. The van der Waals surface area contributed by atoms with Crippen LogP contribution >= 0.6 is 11.3 Å². The minimum atomic E-state index is -0.214. The van der Waals surface area contributed by atoms with Crippen molar-refractivity contribution in [3.05, 3.63) is 40.2 Å². The lowest BCUT2D eigenvalue weighted by atomic mass is 10.3. The Hall–Kier alpha value is -1.95. The minimum absolute atomic E-state index is 0.214. The van der Waals surface area contributed by atoms with Gasteiger partial charge in [-0.3, -0.25) is 4.79 Å². The maximum Gasteiger partial charge on any atom is 0.272 e. The number of rotatable bonds is 4. The van der Waals surface area contributed by atoms with E-state index < -0.39 is 0 Å². The van der Waals surface area contributed by atoms with Crippen molar-refractivity contribution in [2.45, 2.75) is 6.54 Å². The predicted octanol–water partition coefficient (Wildman–Crippen LogP) is 1.51. The Morgan fingerprint density at radius 1 is 1.35 bits per heavy atom. The molecule has 2 aromatic heterocycles. The molecular formula is C11H12N4OS. The molecule has 2 heterocycles. The molecule has 0 radical (unpaired) electrons. The Morgan fingerprint density at radius 2 is 2.24 bits per heavy atom. The number of hydrogen-bond acceptors (Lipinski definition) is 5. The number of aromatic nitrogens is 2. The number of carbonyl (C=O) groups excluding carboxylic acids is 1. The number of hydrogen-bond donors (Lipinski definition) is 2. The van der Waals surface area contributed by atoms with Gasteiger partial charge in [0.05, 0.1) is 6.54 Å². The van der Waals surface area contributed by atoms with E-state index in [1.54, 1.807) is 30.5 Å². The number of nitrogens with zero attached hydrogens (tertiary/aromatic N) is 2. The highest BCUT2D eigenvalue weighted by Crippen LogP contribution is 2.08. The van der Waals surface area contributed by atoms with Crippen LogP contribution in [0.15, 0.2) is 29.6 Å². The van der Waals surface area contributed by atoms with E-state index in [4.69, 9.17) is 0 Å². The molecule has 0 fully saturated rings. The Labute approximate surface area is 103 Å². The molecule has 1 amide bonds. The normalized spacial score (nSPS) is 9.94. The van der Waals surface area contributed by atoms with Gasteiger partial charge in [-0.25, -0.2) is 0 Å². The first-order valence-electron chi connectivity index (χ1n) is 5.11. The van der Waals surface area contributed by atoms with Gasteiger partial charge in [0.2, 0.25) is 0 Å². The van der Waals surface area contributed by atoms with Crippen LogP contribution in [0.4, 0.5) is 5.82 Å². The smallest absolute Gasteiger partial charge is 0.272 e. The molecule has 88 valence electrons. The van der Waals surface area contributed by atoms with E-state index >= 15 is 0 Å². The number of thiophene rings is 1. The molecule has 2 N–H and O–H groups in total. The number of anilines is 1. The number of carbonyl (C=O) groups is 1. The van der Waals surface area contributed by atoms with Crippen molar-refractivity contribution in [3.63, 3.8) is 0 Å². The molecule has 0 saturated heterocycles. The molecule has 0 aliphatic carbocycles. The van der Waals surface area contributed by atoms with Crippen molar-refractivity contribution >= 4 is 23.1 Å². The molecule has 6 heteroatoms. The zero-order valence-corrected chi connectivity index (χ0v) is 10.1. The van der Waals surface area contributed by atoms with Crippen molar-refractivity contribution in [3.8, 4) is 0 Å². The summed E-state index contributed by atoms with van der Waals surface area (Å²) < 4.78 is 0. The van der Waals surface area contributed by atoms with E-state index in [0.29, 0.717) is 18.1 Å². The molecule has 5 nitrogen and oxygen atoms in total. The third-order valence-electron chi connectivity index (χ3n) is 2.16. The highest BCUT2D eigenvalue weighted by molar-refractivity contribution is 7.09. The Bertz CT molecular complexity index is 481. The highest BCUT2D eigenvalue weighted by atomic mass is 32.1. The van der Waals surface area contributed by atoms with Crippen LogP contribution in [-0.4, -0.2) is 23.2 Å². The van der Waals surface area contributed by atoms with Gasteiger partial charge >= 0.3 is 0 Å². The molecule has 2 aromatic rings. The molecule has 0 bridgehead atoms. The van der Waals surface area contributed by atoms with Crippen LogP contribution in [0.5, 0.6) is 0 Å². The van der Waals surface area contributed by atoms with E-state index in [2.05, 4.69) is 20.8 Å². The highest BCUT2D eigenvalue weighted by Gasteiger charge is 2.07. The molecule has 0 atom stereocenters. The summed E-state index contributed by atoms with van der Waals surface area (Å²) in [7, 11) is 1.75. The van der Waals surface area contributed by atoms with Crippen LogP contribution in [0.25, 0.3) is 0 Å². The fourth-order valence-corrected chi connectivity index (χ4v) is 1.90. The molecular weight excluding hydrogens is 236 g/mol. The maximum absolute atomic E-state index is 11.7. The zero-order valence-electron chi connectivity index (χ0n) is 9.30. The Kier molecular flexibility index (Phi) is 3.66.